The minimum absolute atomic E-state index is 0.129. The molecule has 0 saturated carbocycles. The Bertz CT molecular complexity index is 1160. The van der Waals surface area contributed by atoms with Gasteiger partial charge in [-0.3, -0.25) is 9.59 Å². The number of halogens is 1. The van der Waals surface area contributed by atoms with Crippen molar-refractivity contribution < 1.29 is 23.5 Å². The highest BCUT2D eigenvalue weighted by Gasteiger charge is 2.30. The molecule has 1 atom stereocenters. The number of carbonyl (C=O) groups excluding carboxylic acids is 2. The van der Waals surface area contributed by atoms with E-state index in [4.69, 9.17) is 14.5 Å². The molecule has 0 spiro atoms. The van der Waals surface area contributed by atoms with E-state index in [0.29, 0.717) is 48.8 Å². The Balaban J connectivity index is 1.64. The van der Waals surface area contributed by atoms with E-state index in [-0.39, 0.29) is 23.6 Å². The molecule has 6 nitrogen and oxygen atoms in total. The van der Waals surface area contributed by atoms with Crippen LogP contribution in [0.1, 0.15) is 37.0 Å². The van der Waals surface area contributed by atoms with Gasteiger partial charge in [0.05, 0.1) is 30.3 Å². The summed E-state index contributed by atoms with van der Waals surface area (Å²) in [6, 6.07) is 13.3. The van der Waals surface area contributed by atoms with Crippen LogP contribution in [0.4, 0.5) is 4.39 Å². The molecular formula is C26H27FN2O4. The number of pyridine rings is 1. The third-order valence-corrected chi connectivity index (χ3v) is 5.79. The lowest BCUT2D eigenvalue weighted by molar-refractivity contribution is -0.149. The lowest BCUT2D eigenvalue weighted by Gasteiger charge is -2.31. The standard InChI is InChI=1S/C26H27FN2O4/c1-3-32-24-15-23(17-7-10-20(27)11-8-17)28-22-12-9-18(14-21(22)24)25(30)29-13-5-6-19(16-29)26(31)33-4-2/h7-12,14-15,19H,3-6,13,16H2,1-2H3/t19-/m1/s1. The van der Waals surface area contributed by atoms with Crippen LogP contribution < -0.4 is 4.74 Å². The van der Waals surface area contributed by atoms with Crippen molar-refractivity contribution in [3.63, 3.8) is 0 Å². The lowest BCUT2D eigenvalue weighted by atomic mass is 9.97. The molecule has 172 valence electrons. The van der Waals surface area contributed by atoms with Gasteiger partial charge in [-0.1, -0.05) is 0 Å². The number of likely N-dealkylation sites (tertiary alicyclic amines) is 1. The molecule has 0 radical (unpaired) electrons. The van der Waals surface area contributed by atoms with Crippen molar-refractivity contribution in [1.29, 1.82) is 0 Å². The number of hydrogen-bond donors (Lipinski definition) is 0. The monoisotopic (exact) mass is 450 g/mol. The number of piperidine rings is 1. The Labute approximate surface area is 192 Å². The lowest BCUT2D eigenvalue weighted by Crippen LogP contribution is -2.42. The Morgan fingerprint density at radius 3 is 2.61 bits per heavy atom. The van der Waals surface area contributed by atoms with Crippen LogP contribution >= 0.6 is 0 Å². The van der Waals surface area contributed by atoms with Crippen LogP contribution in [0, 0.1) is 11.7 Å². The van der Waals surface area contributed by atoms with E-state index in [1.165, 1.54) is 12.1 Å². The van der Waals surface area contributed by atoms with Gasteiger partial charge in [0.25, 0.3) is 5.91 Å². The Morgan fingerprint density at radius 2 is 1.88 bits per heavy atom. The van der Waals surface area contributed by atoms with Crippen molar-refractivity contribution in [2.75, 3.05) is 26.3 Å². The summed E-state index contributed by atoms with van der Waals surface area (Å²) in [7, 11) is 0. The third-order valence-electron chi connectivity index (χ3n) is 5.79. The van der Waals surface area contributed by atoms with Gasteiger partial charge >= 0.3 is 5.97 Å². The molecule has 1 amide bonds. The van der Waals surface area contributed by atoms with E-state index in [9.17, 15) is 14.0 Å². The van der Waals surface area contributed by atoms with Gasteiger partial charge in [-0.2, -0.15) is 0 Å². The van der Waals surface area contributed by atoms with Crippen molar-refractivity contribution in [2.24, 2.45) is 5.92 Å². The second kappa shape index (κ2) is 9.98. The third kappa shape index (κ3) is 4.97. The van der Waals surface area contributed by atoms with E-state index in [1.54, 1.807) is 42.2 Å². The first-order chi connectivity index (χ1) is 16.0. The quantitative estimate of drug-likeness (QED) is 0.502. The number of nitrogens with zero attached hydrogens (tertiary/aromatic N) is 2. The van der Waals surface area contributed by atoms with Gasteiger partial charge in [0.15, 0.2) is 0 Å². The molecular weight excluding hydrogens is 423 g/mol. The number of aromatic nitrogens is 1. The summed E-state index contributed by atoms with van der Waals surface area (Å²) in [6.07, 6.45) is 1.49. The maximum atomic E-state index is 13.3. The van der Waals surface area contributed by atoms with Crippen LogP contribution in [0.5, 0.6) is 5.75 Å². The van der Waals surface area contributed by atoms with Crippen LogP contribution in [0.15, 0.2) is 48.5 Å². The number of benzene rings is 2. The summed E-state index contributed by atoms with van der Waals surface area (Å²) in [5, 5.41) is 0.729. The number of rotatable bonds is 6. The van der Waals surface area contributed by atoms with Gasteiger partial charge in [0, 0.05) is 35.7 Å². The average Bonchev–Trinajstić information content (AvgIpc) is 2.84. The van der Waals surface area contributed by atoms with Crippen LogP contribution in [-0.4, -0.2) is 48.1 Å². The number of carbonyl (C=O) groups is 2. The second-order valence-corrected chi connectivity index (χ2v) is 8.02. The molecule has 1 aliphatic rings. The highest BCUT2D eigenvalue weighted by atomic mass is 19.1. The Hall–Kier alpha value is -3.48. The largest absolute Gasteiger partial charge is 0.493 e. The molecule has 7 heteroatoms. The number of ether oxygens (including phenoxy) is 2. The van der Waals surface area contributed by atoms with E-state index < -0.39 is 0 Å². The fraction of sp³-hybridized carbons (Fsp3) is 0.346. The van der Waals surface area contributed by atoms with Crippen LogP contribution in [0.25, 0.3) is 22.2 Å². The molecule has 2 aromatic carbocycles. The first-order valence-corrected chi connectivity index (χ1v) is 11.3. The van der Waals surface area contributed by atoms with Crippen molar-refractivity contribution in [3.05, 3.63) is 59.9 Å². The maximum absolute atomic E-state index is 13.3. The highest BCUT2D eigenvalue weighted by Crippen LogP contribution is 2.31. The minimum atomic E-state index is -0.310. The van der Waals surface area contributed by atoms with Crippen molar-refractivity contribution >= 4 is 22.8 Å². The summed E-state index contributed by atoms with van der Waals surface area (Å²) in [5.41, 5.74) is 2.64. The zero-order chi connectivity index (χ0) is 23.4. The fourth-order valence-electron chi connectivity index (χ4n) is 4.17. The predicted molar refractivity (Wildman–Crippen MR) is 124 cm³/mol. The van der Waals surface area contributed by atoms with E-state index in [1.807, 2.05) is 13.0 Å². The summed E-state index contributed by atoms with van der Waals surface area (Å²) in [5.74, 6) is -0.363. The first-order valence-electron chi connectivity index (χ1n) is 11.3. The van der Waals surface area contributed by atoms with E-state index in [2.05, 4.69) is 0 Å². The second-order valence-electron chi connectivity index (χ2n) is 8.02. The molecule has 1 aromatic heterocycles. The summed E-state index contributed by atoms with van der Waals surface area (Å²) in [4.78, 5) is 31.8. The van der Waals surface area contributed by atoms with Crippen molar-refractivity contribution in [2.45, 2.75) is 26.7 Å². The topological polar surface area (TPSA) is 68.7 Å². The minimum Gasteiger partial charge on any atom is -0.493 e. The Kier molecular flexibility index (Phi) is 6.87. The van der Waals surface area contributed by atoms with Crippen LogP contribution in [0.3, 0.4) is 0 Å². The molecule has 2 heterocycles. The highest BCUT2D eigenvalue weighted by molar-refractivity contribution is 6.00. The van der Waals surface area contributed by atoms with Crippen LogP contribution in [-0.2, 0) is 9.53 Å². The van der Waals surface area contributed by atoms with Gasteiger partial charge in [-0.15, -0.1) is 0 Å². The predicted octanol–water partition coefficient (Wildman–Crippen LogP) is 4.85. The average molecular weight is 451 g/mol. The molecule has 1 saturated heterocycles. The molecule has 0 unspecified atom stereocenters. The van der Waals surface area contributed by atoms with Gasteiger partial charge in [0.2, 0.25) is 0 Å². The number of amides is 1. The number of hydrogen-bond acceptors (Lipinski definition) is 5. The van der Waals surface area contributed by atoms with Gasteiger partial charge in [0.1, 0.15) is 11.6 Å². The normalized spacial score (nSPS) is 16.0. The maximum Gasteiger partial charge on any atom is 0.310 e. The summed E-state index contributed by atoms with van der Waals surface area (Å²) >= 11 is 0. The summed E-state index contributed by atoms with van der Waals surface area (Å²) < 4.78 is 24.3. The molecule has 1 fully saturated rings. The van der Waals surface area contributed by atoms with Crippen molar-refractivity contribution in [3.8, 4) is 17.0 Å². The molecule has 0 aliphatic carbocycles. The van der Waals surface area contributed by atoms with Crippen LogP contribution in [0.2, 0.25) is 0 Å². The van der Waals surface area contributed by atoms with E-state index >= 15 is 0 Å². The zero-order valence-corrected chi connectivity index (χ0v) is 18.8. The van der Waals surface area contributed by atoms with E-state index in [0.717, 1.165) is 23.8 Å². The molecule has 3 aromatic rings. The molecule has 1 aliphatic heterocycles. The first kappa shape index (κ1) is 22.7. The number of fused-ring (bicyclic) bond motifs is 1. The molecule has 0 N–H and O–H groups in total. The summed E-state index contributed by atoms with van der Waals surface area (Å²) in [6.45, 7) is 5.42. The zero-order valence-electron chi connectivity index (χ0n) is 18.8. The number of esters is 1. The Morgan fingerprint density at radius 1 is 1.09 bits per heavy atom. The van der Waals surface area contributed by atoms with Gasteiger partial charge in [-0.05, 0) is 69.2 Å². The van der Waals surface area contributed by atoms with Gasteiger partial charge < -0.3 is 14.4 Å². The fourth-order valence-corrected chi connectivity index (χ4v) is 4.17. The molecule has 4 rings (SSSR count). The molecule has 0 bridgehead atoms. The SMILES string of the molecule is CCOC(=O)[C@@H]1CCCN(C(=O)c2ccc3nc(-c4ccc(F)cc4)cc(OCC)c3c2)C1. The van der Waals surface area contributed by atoms with Gasteiger partial charge in [-0.25, -0.2) is 9.37 Å². The molecule has 33 heavy (non-hydrogen) atoms. The smallest absolute Gasteiger partial charge is 0.310 e. The van der Waals surface area contributed by atoms with Crippen molar-refractivity contribution in [1.82, 2.24) is 9.88 Å².